The predicted molar refractivity (Wildman–Crippen MR) is 115 cm³/mol. The number of hydrogen-bond acceptors (Lipinski definition) is 2. The minimum Gasteiger partial charge on any atom is -0.384 e. The maximum Gasteiger partial charge on any atom is 0.0697 e. The van der Waals surface area contributed by atoms with Crippen molar-refractivity contribution in [3.05, 3.63) is 41.1 Å². The van der Waals surface area contributed by atoms with Gasteiger partial charge in [0.15, 0.2) is 0 Å². The van der Waals surface area contributed by atoms with E-state index < -0.39 is 0 Å². The maximum atomic E-state index is 5.27. The number of benzene rings is 1. The lowest BCUT2D eigenvalue weighted by molar-refractivity contribution is 0.637. The Hall–Kier alpha value is -1.57. The van der Waals surface area contributed by atoms with Crippen molar-refractivity contribution in [1.29, 1.82) is 0 Å². The molecule has 26 heavy (non-hydrogen) atoms. The first-order valence-electron chi connectivity index (χ1n) is 10.6. The zero-order valence-electron chi connectivity index (χ0n) is 17.6. The minimum absolute atomic E-state index is 0.646. The molecule has 0 radical (unpaired) electrons. The Bertz CT molecular complexity index is 595. The second-order valence-corrected chi connectivity index (χ2v) is 8.47. The summed E-state index contributed by atoms with van der Waals surface area (Å²) in [6.07, 6.45) is 10.5. The van der Waals surface area contributed by atoms with Crippen LogP contribution in [0.25, 0.3) is 0 Å². The zero-order valence-corrected chi connectivity index (χ0v) is 17.6. The fourth-order valence-electron chi connectivity index (χ4n) is 3.59. The average Bonchev–Trinajstić information content (AvgIpc) is 2.58. The van der Waals surface area contributed by atoms with Crippen molar-refractivity contribution in [2.45, 2.75) is 79.6 Å². The third-order valence-corrected chi connectivity index (χ3v) is 4.83. The van der Waals surface area contributed by atoms with Crippen LogP contribution in [0.15, 0.2) is 35.0 Å². The van der Waals surface area contributed by atoms with Crippen molar-refractivity contribution in [1.82, 2.24) is 5.32 Å². The van der Waals surface area contributed by atoms with Gasteiger partial charge < -0.3 is 5.32 Å². The molecule has 1 aliphatic carbocycles. The molecule has 144 valence electrons. The molecule has 0 aliphatic heterocycles. The third-order valence-electron chi connectivity index (χ3n) is 4.83. The van der Waals surface area contributed by atoms with Gasteiger partial charge in [-0.25, -0.2) is 0 Å². The molecule has 0 saturated heterocycles. The number of rotatable bonds is 9. The highest BCUT2D eigenvalue weighted by molar-refractivity contribution is 6.02. The van der Waals surface area contributed by atoms with E-state index in [1.807, 2.05) is 0 Å². The fourth-order valence-corrected chi connectivity index (χ4v) is 3.59. The molecule has 0 heterocycles. The molecular formula is C24H38N2. The number of nitrogens with one attached hydrogen (secondary N) is 1. The summed E-state index contributed by atoms with van der Waals surface area (Å²) in [5, 5.41) is 3.64. The Labute approximate surface area is 161 Å². The molecule has 0 bridgehead atoms. The molecule has 0 aromatic heterocycles. The topological polar surface area (TPSA) is 24.4 Å². The van der Waals surface area contributed by atoms with E-state index in [2.05, 4.69) is 64.2 Å². The lowest BCUT2D eigenvalue weighted by atomic mass is 9.94. The van der Waals surface area contributed by atoms with E-state index in [-0.39, 0.29) is 0 Å². The molecule has 2 rings (SSSR count). The van der Waals surface area contributed by atoms with Crippen LogP contribution in [-0.2, 0) is 12.8 Å². The van der Waals surface area contributed by atoms with Gasteiger partial charge in [0.2, 0.25) is 0 Å². The first-order valence-corrected chi connectivity index (χ1v) is 10.6. The third kappa shape index (κ3) is 6.30. The van der Waals surface area contributed by atoms with Crippen LogP contribution in [-0.4, -0.2) is 12.3 Å². The Morgan fingerprint density at radius 3 is 2.27 bits per heavy atom. The van der Waals surface area contributed by atoms with Gasteiger partial charge in [-0.3, -0.25) is 4.99 Å². The van der Waals surface area contributed by atoms with Gasteiger partial charge in [0.05, 0.1) is 17.1 Å². The van der Waals surface area contributed by atoms with E-state index in [4.69, 9.17) is 4.99 Å². The SMILES string of the molecule is CCCCNC1=CCCC/C1=N\c1c(CC(C)C)cccc1CC(C)C. The molecular weight excluding hydrogens is 316 g/mol. The molecule has 0 amide bonds. The van der Waals surface area contributed by atoms with Gasteiger partial charge in [0.1, 0.15) is 0 Å². The van der Waals surface area contributed by atoms with Crippen LogP contribution in [0.1, 0.15) is 77.8 Å². The highest BCUT2D eigenvalue weighted by atomic mass is 14.9. The van der Waals surface area contributed by atoms with Gasteiger partial charge in [-0.1, -0.05) is 65.3 Å². The number of allylic oxidation sites excluding steroid dienone is 2. The van der Waals surface area contributed by atoms with E-state index in [1.165, 1.54) is 53.9 Å². The lowest BCUT2D eigenvalue weighted by Gasteiger charge is -2.20. The van der Waals surface area contributed by atoms with Crippen molar-refractivity contribution < 1.29 is 0 Å². The van der Waals surface area contributed by atoms with Crippen molar-refractivity contribution in [2.24, 2.45) is 16.8 Å². The quantitative estimate of drug-likeness (QED) is 0.495. The van der Waals surface area contributed by atoms with Crippen LogP contribution in [0.4, 0.5) is 5.69 Å². The second-order valence-electron chi connectivity index (χ2n) is 8.47. The standard InChI is InChI=1S/C24H38N2/c1-6-7-15-25-22-13-8-9-14-23(22)26-24-20(16-18(2)3)11-10-12-21(24)17-19(4)5/h10-13,18-19,25H,6-9,14-17H2,1-5H3/b26-23+. The second kappa shape index (κ2) is 10.5. The highest BCUT2D eigenvalue weighted by Gasteiger charge is 2.15. The van der Waals surface area contributed by atoms with E-state index >= 15 is 0 Å². The molecule has 0 unspecified atom stereocenters. The molecule has 1 aromatic rings. The Balaban J connectivity index is 2.38. The first kappa shape index (κ1) is 20.7. The molecule has 1 aromatic carbocycles. The summed E-state index contributed by atoms with van der Waals surface area (Å²) in [5.41, 5.74) is 6.59. The Morgan fingerprint density at radius 2 is 1.69 bits per heavy atom. The zero-order chi connectivity index (χ0) is 18.9. The van der Waals surface area contributed by atoms with E-state index in [0.29, 0.717) is 11.8 Å². The number of unbranched alkanes of at least 4 members (excludes halogenated alkanes) is 1. The molecule has 2 heteroatoms. The highest BCUT2D eigenvalue weighted by Crippen LogP contribution is 2.31. The summed E-state index contributed by atoms with van der Waals surface area (Å²) in [4.78, 5) is 5.27. The largest absolute Gasteiger partial charge is 0.384 e. The van der Waals surface area contributed by atoms with Gasteiger partial charge in [-0.15, -0.1) is 0 Å². The van der Waals surface area contributed by atoms with Crippen LogP contribution >= 0.6 is 0 Å². The Morgan fingerprint density at radius 1 is 1.04 bits per heavy atom. The van der Waals surface area contributed by atoms with Gasteiger partial charge in [0.25, 0.3) is 0 Å². The molecule has 0 spiro atoms. The Kier molecular flexibility index (Phi) is 8.41. The first-order chi connectivity index (χ1) is 12.5. The summed E-state index contributed by atoms with van der Waals surface area (Å²) in [6, 6.07) is 6.77. The summed E-state index contributed by atoms with van der Waals surface area (Å²) in [6.45, 7) is 12.5. The van der Waals surface area contributed by atoms with Crippen LogP contribution < -0.4 is 5.32 Å². The monoisotopic (exact) mass is 354 g/mol. The summed E-state index contributed by atoms with van der Waals surface area (Å²) in [7, 11) is 0. The summed E-state index contributed by atoms with van der Waals surface area (Å²) in [5.74, 6) is 1.29. The van der Waals surface area contributed by atoms with Gasteiger partial charge in [-0.2, -0.15) is 0 Å². The normalized spacial score (nSPS) is 16.4. The molecule has 1 N–H and O–H groups in total. The van der Waals surface area contributed by atoms with Gasteiger partial charge >= 0.3 is 0 Å². The molecule has 1 aliphatic rings. The van der Waals surface area contributed by atoms with Gasteiger partial charge in [0, 0.05) is 6.54 Å². The maximum absolute atomic E-state index is 5.27. The molecule has 0 fully saturated rings. The molecule has 2 nitrogen and oxygen atoms in total. The average molecular weight is 355 g/mol. The summed E-state index contributed by atoms with van der Waals surface area (Å²) < 4.78 is 0. The molecule has 0 atom stereocenters. The van der Waals surface area contributed by atoms with Crippen molar-refractivity contribution in [2.75, 3.05) is 6.54 Å². The fraction of sp³-hybridized carbons (Fsp3) is 0.625. The van der Waals surface area contributed by atoms with Crippen molar-refractivity contribution in [3.8, 4) is 0 Å². The van der Waals surface area contributed by atoms with Crippen molar-refractivity contribution >= 4 is 11.4 Å². The number of hydrogen-bond donors (Lipinski definition) is 1. The van der Waals surface area contributed by atoms with Gasteiger partial charge in [-0.05, 0) is 61.5 Å². The number of aliphatic imine (C=N–C) groups is 1. The van der Waals surface area contributed by atoms with Crippen LogP contribution in [0.3, 0.4) is 0 Å². The van der Waals surface area contributed by atoms with Crippen LogP contribution in [0, 0.1) is 11.8 Å². The minimum atomic E-state index is 0.646. The predicted octanol–water partition coefficient (Wildman–Crippen LogP) is 6.61. The lowest BCUT2D eigenvalue weighted by Crippen LogP contribution is -2.23. The number of para-hydroxylation sites is 1. The van der Waals surface area contributed by atoms with Crippen molar-refractivity contribution in [3.63, 3.8) is 0 Å². The van der Waals surface area contributed by atoms with E-state index in [1.54, 1.807) is 0 Å². The molecule has 0 saturated carbocycles. The number of nitrogens with zero attached hydrogens (tertiary/aromatic N) is 1. The van der Waals surface area contributed by atoms with E-state index in [0.717, 1.165) is 25.8 Å². The smallest absolute Gasteiger partial charge is 0.0697 e. The summed E-state index contributed by atoms with van der Waals surface area (Å²) >= 11 is 0. The van der Waals surface area contributed by atoms with E-state index in [9.17, 15) is 0 Å². The van der Waals surface area contributed by atoms with Crippen LogP contribution in [0.2, 0.25) is 0 Å². The van der Waals surface area contributed by atoms with Crippen LogP contribution in [0.5, 0.6) is 0 Å².